The van der Waals surface area contributed by atoms with Crippen LogP contribution in [-0.2, 0) is 16.0 Å². The van der Waals surface area contributed by atoms with Crippen molar-refractivity contribution in [3.05, 3.63) is 71.3 Å². The lowest BCUT2D eigenvalue weighted by Crippen LogP contribution is -2.58. The molecule has 2 heterocycles. The first-order chi connectivity index (χ1) is 18.2. The summed E-state index contributed by atoms with van der Waals surface area (Å²) in [5, 5.41) is 3.65. The SMILES string of the molecule is C=C(NC1CCc2ccccc21)c1ccc2c(c1)C(N1C(=O)CC(CC)(CC)N=C1N)C(C)(COC)CO2. The Kier molecular flexibility index (Phi) is 6.99. The Morgan fingerprint density at radius 3 is 2.71 bits per heavy atom. The average Bonchev–Trinajstić information content (AvgIpc) is 3.32. The van der Waals surface area contributed by atoms with Gasteiger partial charge in [-0.25, -0.2) is 4.99 Å². The molecule has 0 radical (unpaired) electrons. The van der Waals surface area contributed by atoms with Crippen LogP contribution < -0.4 is 15.8 Å². The van der Waals surface area contributed by atoms with Gasteiger partial charge in [-0.15, -0.1) is 0 Å². The van der Waals surface area contributed by atoms with Crippen LogP contribution in [0, 0.1) is 5.41 Å². The highest BCUT2D eigenvalue weighted by Gasteiger charge is 2.50. The number of hydrogen-bond acceptors (Lipinski definition) is 6. The van der Waals surface area contributed by atoms with E-state index in [-0.39, 0.29) is 24.0 Å². The van der Waals surface area contributed by atoms with Crippen LogP contribution in [0.15, 0.2) is 54.0 Å². The van der Waals surface area contributed by atoms with Crippen molar-refractivity contribution in [3.63, 3.8) is 0 Å². The van der Waals surface area contributed by atoms with Crippen molar-refractivity contribution in [3.8, 4) is 5.75 Å². The number of nitrogens with one attached hydrogen (secondary N) is 1. The van der Waals surface area contributed by atoms with Gasteiger partial charge in [0.15, 0.2) is 5.96 Å². The first-order valence-electron chi connectivity index (χ1n) is 13.7. The van der Waals surface area contributed by atoms with Crippen molar-refractivity contribution in [2.45, 2.75) is 70.5 Å². The molecule has 3 aliphatic rings. The van der Waals surface area contributed by atoms with Crippen LogP contribution in [0.5, 0.6) is 5.75 Å². The summed E-state index contributed by atoms with van der Waals surface area (Å²) in [6.07, 6.45) is 3.97. The molecule has 0 spiro atoms. The Bertz CT molecular complexity index is 1270. The molecule has 0 saturated carbocycles. The quantitative estimate of drug-likeness (QED) is 0.508. The molecule has 0 bridgehead atoms. The average molecular weight is 517 g/mol. The maximum atomic E-state index is 13.8. The van der Waals surface area contributed by atoms with E-state index in [2.05, 4.69) is 63.0 Å². The third-order valence-electron chi connectivity index (χ3n) is 8.75. The number of methoxy groups -OCH3 is 1. The predicted octanol–water partition coefficient (Wildman–Crippen LogP) is 5.13. The van der Waals surface area contributed by atoms with E-state index in [9.17, 15) is 4.79 Å². The molecule has 38 heavy (non-hydrogen) atoms. The molecular weight excluding hydrogens is 476 g/mol. The minimum atomic E-state index is -0.520. The van der Waals surface area contributed by atoms with Crippen molar-refractivity contribution in [2.24, 2.45) is 16.1 Å². The normalized spacial score (nSPS) is 25.7. The highest BCUT2D eigenvalue weighted by atomic mass is 16.5. The van der Waals surface area contributed by atoms with E-state index < -0.39 is 11.0 Å². The van der Waals surface area contributed by atoms with E-state index in [1.165, 1.54) is 11.1 Å². The van der Waals surface area contributed by atoms with E-state index >= 15 is 0 Å². The Hall–Kier alpha value is -3.32. The van der Waals surface area contributed by atoms with Gasteiger partial charge in [-0.3, -0.25) is 9.69 Å². The summed E-state index contributed by atoms with van der Waals surface area (Å²) < 4.78 is 11.9. The fraction of sp³-hybridized carbons (Fsp3) is 0.484. The molecule has 0 saturated heterocycles. The van der Waals surface area contributed by atoms with E-state index in [4.69, 9.17) is 20.2 Å². The van der Waals surface area contributed by atoms with Gasteiger partial charge in [-0.2, -0.15) is 0 Å². The van der Waals surface area contributed by atoms with Crippen LogP contribution in [0.2, 0.25) is 0 Å². The number of ether oxygens (including phenoxy) is 2. The number of carbonyl (C=O) groups is 1. The molecule has 3 atom stereocenters. The van der Waals surface area contributed by atoms with Crippen molar-refractivity contribution < 1.29 is 14.3 Å². The van der Waals surface area contributed by atoms with Crippen molar-refractivity contribution in [2.75, 3.05) is 20.3 Å². The number of guanidine groups is 1. The maximum absolute atomic E-state index is 13.8. The minimum absolute atomic E-state index is 0.00806. The number of nitrogens with zero attached hydrogens (tertiary/aromatic N) is 2. The lowest BCUT2D eigenvalue weighted by molar-refractivity contribution is -0.136. The van der Waals surface area contributed by atoms with E-state index in [0.29, 0.717) is 19.6 Å². The molecule has 0 aromatic heterocycles. The molecule has 2 aromatic carbocycles. The Morgan fingerprint density at radius 2 is 2.00 bits per heavy atom. The number of aliphatic imine (C=N–C) groups is 1. The number of hydrogen-bond donors (Lipinski definition) is 2. The molecule has 3 unspecified atom stereocenters. The van der Waals surface area contributed by atoms with Gasteiger partial charge >= 0.3 is 0 Å². The summed E-state index contributed by atoms with van der Waals surface area (Å²) >= 11 is 0. The molecule has 0 fully saturated rings. The predicted molar refractivity (Wildman–Crippen MR) is 151 cm³/mol. The summed E-state index contributed by atoms with van der Waals surface area (Å²) in [4.78, 5) is 20.3. The maximum Gasteiger partial charge on any atom is 0.232 e. The number of nitrogens with two attached hydrogens (primary N) is 1. The third-order valence-corrected chi connectivity index (χ3v) is 8.75. The van der Waals surface area contributed by atoms with E-state index in [0.717, 1.165) is 48.3 Å². The number of amides is 1. The van der Waals surface area contributed by atoms with Crippen LogP contribution in [0.25, 0.3) is 5.70 Å². The molecular formula is C31H40N4O3. The molecule has 5 rings (SSSR count). The molecule has 2 aliphatic heterocycles. The summed E-state index contributed by atoms with van der Waals surface area (Å²) in [5.74, 6) is 1.01. The van der Waals surface area contributed by atoms with Crippen LogP contribution in [0.1, 0.15) is 80.8 Å². The van der Waals surface area contributed by atoms with Crippen molar-refractivity contribution in [1.29, 1.82) is 0 Å². The topological polar surface area (TPSA) is 89.2 Å². The first kappa shape index (κ1) is 26.3. The molecule has 7 nitrogen and oxygen atoms in total. The van der Waals surface area contributed by atoms with Gasteiger partial charge in [0.25, 0.3) is 0 Å². The number of rotatable bonds is 8. The van der Waals surface area contributed by atoms with Crippen LogP contribution in [0.4, 0.5) is 0 Å². The standard InChI is InChI=1S/C31H40N4O3/c1-6-31(7-2)17-27(36)35(29(32)34-31)28-24-16-22(13-15-26(24)38-19-30(28,4)18-37-5)20(3)33-25-14-12-21-10-8-9-11-23(21)25/h8-11,13,15-16,25,28,33H,3,6-7,12,14,17-19H2,1-2,4-5H3,(H2,32,34). The zero-order valence-electron chi connectivity index (χ0n) is 23.0. The summed E-state index contributed by atoms with van der Waals surface area (Å²) in [6, 6.07) is 14.5. The fourth-order valence-electron chi connectivity index (χ4n) is 6.45. The Labute approximate surface area is 226 Å². The fourth-order valence-corrected chi connectivity index (χ4v) is 6.45. The molecule has 2 aromatic rings. The zero-order valence-corrected chi connectivity index (χ0v) is 23.0. The lowest BCUT2D eigenvalue weighted by atomic mass is 9.75. The van der Waals surface area contributed by atoms with Crippen LogP contribution >= 0.6 is 0 Å². The number of benzene rings is 2. The highest BCUT2D eigenvalue weighted by Crippen LogP contribution is 2.49. The van der Waals surface area contributed by atoms with Gasteiger partial charge in [0.1, 0.15) is 5.75 Å². The largest absolute Gasteiger partial charge is 0.492 e. The molecule has 1 aliphatic carbocycles. The smallest absolute Gasteiger partial charge is 0.232 e. The summed E-state index contributed by atoms with van der Waals surface area (Å²) in [5.41, 5.74) is 11.1. The second kappa shape index (κ2) is 10.1. The highest BCUT2D eigenvalue weighted by molar-refractivity contribution is 5.99. The third kappa shape index (κ3) is 4.47. The summed E-state index contributed by atoms with van der Waals surface area (Å²) in [6.45, 7) is 11.4. The number of fused-ring (bicyclic) bond motifs is 2. The van der Waals surface area contributed by atoms with Gasteiger partial charge in [-0.1, -0.05) is 51.6 Å². The lowest BCUT2D eigenvalue weighted by Gasteiger charge is -2.49. The molecule has 1 amide bonds. The molecule has 202 valence electrons. The zero-order chi connectivity index (χ0) is 27.1. The summed E-state index contributed by atoms with van der Waals surface area (Å²) in [7, 11) is 1.67. The van der Waals surface area contributed by atoms with E-state index in [1.807, 2.05) is 12.1 Å². The minimum Gasteiger partial charge on any atom is -0.492 e. The van der Waals surface area contributed by atoms with E-state index in [1.54, 1.807) is 12.0 Å². The van der Waals surface area contributed by atoms with Gasteiger partial charge in [0.05, 0.1) is 42.7 Å². The molecule has 3 N–H and O–H groups in total. The van der Waals surface area contributed by atoms with Gasteiger partial charge < -0.3 is 20.5 Å². The van der Waals surface area contributed by atoms with Gasteiger partial charge in [-0.05, 0) is 60.6 Å². The Morgan fingerprint density at radius 1 is 1.24 bits per heavy atom. The van der Waals surface area contributed by atoms with Gasteiger partial charge in [0.2, 0.25) is 5.91 Å². The van der Waals surface area contributed by atoms with Crippen molar-refractivity contribution >= 4 is 17.6 Å². The van der Waals surface area contributed by atoms with Crippen LogP contribution in [-0.4, -0.2) is 42.6 Å². The van der Waals surface area contributed by atoms with Gasteiger partial charge in [0, 0.05) is 18.4 Å². The number of aryl methyl sites for hydroxylation is 1. The van der Waals surface area contributed by atoms with Crippen LogP contribution in [0.3, 0.4) is 0 Å². The second-order valence-corrected chi connectivity index (χ2v) is 11.3. The monoisotopic (exact) mass is 516 g/mol. The number of carbonyl (C=O) groups excluding carboxylic acids is 1. The first-order valence-corrected chi connectivity index (χ1v) is 13.7. The Balaban J connectivity index is 1.52. The molecule has 7 heteroatoms. The second-order valence-electron chi connectivity index (χ2n) is 11.3. The van der Waals surface area contributed by atoms with Crippen molar-refractivity contribution in [1.82, 2.24) is 10.2 Å².